The van der Waals surface area contributed by atoms with Gasteiger partial charge in [-0.15, -0.1) is 0 Å². The molecule has 0 saturated carbocycles. The van der Waals surface area contributed by atoms with Crippen molar-refractivity contribution in [1.29, 1.82) is 0 Å². The third kappa shape index (κ3) is 4.49. The van der Waals surface area contributed by atoms with Crippen LogP contribution in [0, 0.1) is 12.7 Å². The summed E-state index contributed by atoms with van der Waals surface area (Å²) in [6.07, 6.45) is 1.11. The van der Waals surface area contributed by atoms with Crippen molar-refractivity contribution in [2.24, 2.45) is 0 Å². The highest BCUT2D eigenvalue weighted by Crippen LogP contribution is 2.39. The summed E-state index contributed by atoms with van der Waals surface area (Å²) in [4.78, 5) is 12.0. The molecule has 1 aromatic heterocycles. The molecule has 1 aliphatic rings. The number of halogens is 3. The SMILES string of the molecule is COC(=O)Cn1c(C)c(C2CCN(S(=O)(=O)c3ccc(Cl)cc3Cl)CC2)c2cc(F)ccc21. The van der Waals surface area contributed by atoms with Crippen LogP contribution >= 0.6 is 23.2 Å². The molecule has 0 aliphatic carbocycles. The van der Waals surface area contributed by atoms with Gasteiger partial charge in [0.25, 0.3) is 0 Å². The van der Waals surface area contributed by atoms with Crippen molar-refractivity contribution >= 4 is 50.1 Å². The number of carbonyl (C=O) groups excluding carboxylic acids is 1. The van der Waals surface area contributed by atoms with E-state index in [0.29, 0.717) is 31.0 Å². The van der Waals surface area contributed by atoms with Crippen molar-refractivity contribution in [2.45, 2.75) is 37.1 Å². The van der Waals surface area contributed by atoms with E-state index < -0.39 is 16.0 Å². The van der Waals surface area contributed by atoms with Gasteiger partial charge in [0.2, 0.25) is 10.0 Å². The van der Waals surface area contributed by atoms with Crippen LogP contribution in [0.1, 0.15) is 30.0 Å². The summed E-state index contributed by atoms with van der Waals surface area (Å²) in [6, 6.07) is 8.83. The fourth-order valence-corrected chi connectivity index (χ4v) is 6.82. The van der Waals surface area contributed by atoms with Crippen molar-refractivity contribution in [3.05, 3.63) is 63.5 Å². The van der Waals surface area contributed by atoms with Crippen molar-refractivity contribution in [3.8, 4) is 0 Å². The number of hydrogen-bond acceptors (Lipinski definition) is 4. The third-order valence-corrected chi connectivity index (χ3v) is 8.84. The maximum Gasteiger partial charge on any atom is 0.325 e. The molecule has 176 valence electrons. The van der Waals surface area contributed by atoms with Crippen LogP contribution in [0.25, 0.3) is 10.9 Å². The minimum Gasteiger partial charge on any atom is -0.468 e. The van der Waals surface area contributed by atoms with E-state index >= 15 is 0 Å². The summed E-state index contributed by atoms with van der Waals surface area (Å²) >= 11 is 12.1. The minimum atomic E-state index is -3.77. The van der Waals surface area contributed by atoms with Gasteiger partial charge in [-0.1, -0.05) is 23.2 Å². The molecule has 0 atom stereocenters. The molecule has 2 heterocycles. The van der Waals surface area contributed by atoms with Crippen LogP contribution in [0.15, 0.2) is 41.3 Å². The van der Waals surface area contributed by atoms with Gasteiger partial charge in [-0.3, -0.25) is 4.79 Å². The lowest BCUT2D eigenvalue weighted by atomic mass is 9.88. The van der Waals surface area contributed by atoms with Crippen LogP contribution in [0.3, 0.4) is 0 Å². The topological polar surface area (TPSA) is 68.6 Å². The second-order valence-corrected chi connectivity index (χ2v) is 10.8. The molecule has 3 aromatic rings. The summed E-state index contributed by atoms with van der Waals surface area (Å²) in [6.45, 7) is 2.51. The summed E-state index contributed by atoms with van der Waals surface area (Å²) in [5.74, 6) is -0.747. The number of carbonyl (C=O) groups is 1. The van der Waals surface area contributed by atoms with E-state index in [4.69, 9.17) is 27.9 Å². The van der Waals surface area contributed by atoms with E-state index in [1.165, 1.54) is 41.7 Å². The lowest BCUT2D eigenvalue weighted by Crippen LogP contribution is -2.38. The largest absolute Gasteiger partial charge is 0.468 e. The number of fused-ring (bicyclic) bond motifs is 1. The molecular weight excluding hydrogens is 490 g/mol. The van der Waals surface area contributed by atoms with Gasteiger partial charge in [-0.25, -0.2) is 12.8 Å². The zero-order chi connectivity index (χ0) is 23.9. The Hall–Kier alpha value is -2.13. The second-order valence-electron chi connectivity index (χ2n) is 8.08. The number of esters is 1. The summed E-state index contributed by atoms with van der Waals surface area (Å²) in [7, 11) is -2.45. The number of aromatic nitrogens is 1. The zero-order valence-corrected chi connectivity index (χ0v) is 20.5. The Morgan fingerprint density at radius 2 is 1.85 bits per heavy atom. The van der Waals surface area contributed by atoms with Gasteiger partial charge in [-0.2, -0.15) is 4.31 Å². The van der Waals surface area contributed by atoms with E-state index in [1.54, 1.807) is 6.07 Å². The molecule has 0 radical (unpaired) electrons. The van der Waals surface area contributed by atoms with Gasteiger partial charge >= 0.3 is 5.97 Å². The highest BCUT2D eigenvalue weighted by atomic mass is 35.5. The lowest BCUT2D eigenvalue weighted by molar-refractivity contribution is -0.141. The van der Waals surface area contributed by atoms with Crippen molar-refractivity contribution < 1.29 is 22.3 Å². The standard InChI is InChI=1S/C23H23Cl2FN2O4S/c1-14-23(18-12-17(26)4-5-20(18)28(14)13-22(29)32-2)15-7-9-27(10-8-15)33(30,31)21-6-3-16(24)11-19(21)25/h3-6,11-12,15H,7-10,13H2,1-2H3. The molecule has 0 amide bonds. The molecule has 10 heteroatoms. The Bertz CT molecular complexity index is 1330. The molecule has 1 fully saturated rings. The van der Waals surface area contributed by atoms with E-state index in [1.807, 2.05) is 11.5 Å². The van der Waals surface area contributed by atoms with Gasteiger partial charge in [0.1, 0.15) is 17.3 Å². The van der Waals surface area contributed by atoms with Crippen LogP contribution in [0.5, 0.6) is 0 Å². The van der Waals surface area contributed by atoms with Crippen molar-refractivity contribution in [2.75, 3.05) is 20.2 Å². The van der Waals surface area contributed by atoms with Crippen LogP contribution in [-0.2, 0) is 26.1 Å². The Morgan fingerprint density at radius 1 is 1.15 bits per heavy atom. The van der Waals surface area contributed by atoms with E-state index in [0.717, 1.165) is 22.2 Å². The fourth-order valence-electron chi connectivity index (χ4n) is 4.60. The number of benzene rings is 2. The minimum absolute atomic E-state index is 0.0142. The van der Waals surface area contributed by atoms with Gasteiger partial charge in [0, 0.05) is 34.7 Å². The van der Waals surface area contributed by atoms with Crippen LogP contribution in [0.2, 0.25) is 10.0 Å². The smallest absolute Gasteiger partial charge is 0.325 e. The quantitative estimate of drug-likeness (QED) is 0.444. The molecule has 2 aromatic carbocycles. The summed E-state index contributed by atoms with van der Waals surface area (Å²) in [5, 5.41) is 1.18. The highest BCUT2D eigenvalue weighted by Gasteiger charge is 2.33. The van der Waals surface area contributed by atoms with Crippen molar-refractivity contribution in [3.63, 3.8) is 0 Å². The first kappa shape index (κ1) is 24.0. The molecule has 0 unspecified atom stereocenters. The molecule has 1 saturated heterocycles. The molecule has 0 spiro atoms. The molecule has 0 bridgehead atoms. The number of nitrogens with zero attached hydrogens (tertiary/aromatic N) is 2. The summed E-state index contributed by atoms with van der Waals surface area (Å²) in [5.41, 5.74) is 2.54. The number of piperidine rings is 1. The fraction of sp³-hybridized carbons (Fsp3) is 0.348. The zero-order valence-electron chi connectivity index (χ0n) is 18.1. The number of sulfonamides is 1. The predicted molar refractivity (Wildman–Crippen MR) is 126 cm³/mol. The number of rotatable bonds is 5. The maximum atomic E-state index is 14.1. The first-order valence-electron chi connectivity index (χ1n) is 10.4. The molecule has 4 rings (SSSR count). The van der Waals surface area contributed by atoms with Crippen molar-refractivity contribution in [1.82, 2.24) is 8.87 Å². The van der Waals surface area contributed by atoms with E-state index in [2.05, 4.69) is 0 Å². The van der Waals surface area contributed by atoms with Crippen LogP contribution < -0.4 is 0 Å². The molecule has 6 nitrogen and oxygen atoms in total. The average molecular weight is 513 g/mol. The molecule has 1 aliphatic heterocycles. The Morgan fingerprint density at radius 3 is 2.48 bits per heavy atom. The maximum absolute atomic E-state index is 14.1. The van der Waals surface area contributed by atoms with Gasteiger partial charge in [-0.05, 0) is 67.6 Å². The second kappa shape index (κ2) is 9.25. The van der Waals surface area contributed by atoms with E-state index in [-0.39, 0.29) is 28.2 Å². The Labute approximate surface area is 201 Å². The monoisotopic (exact) mass is 512 g/mol. The molecule has 0 N–H and O–H groups in total. The number of methoxy groups -OCH3 is 1. The summed E-state index contributed by atoms with van der Waals surface area (Å²) < 4.78 is 48.5. The van der Waals surface area contributed by atoms with Gasteiger partial charge < -0.3 is 9.30 Å². The third-order valence-electron chi connectivity index (χ3n) is 6.22. The normalized spacial score (nSPS) is 15.8. The lowest BCUT2D eigenvalue weighted by Gasteiger charge is -2.32. The number of hydrogen-bond donors (Lipinski definition) is 0. The molecular formula is C23H23Cl2FN2O4S. The Balaban J connectivity index is 1.64. The molecule has 33 heavy (non-hydrogen) atoms. The van der Waals surface area contributed by atoms with E-state index in [9.17, 15) is 17.6 Å². The number of ether oxygens (including phenoxy) is 1. The average Bonchev–Trinajstić information content (AvgIpc) is 3.03. The van der Waals surface area contributed by atoms with Crippen LogP contribution in [0.4, 0.5) is 4.39 Å². The first-order valence-corrected chi connectivity index (χ1v) is 12.6. The predicted octanol–water partition coefficient (Wildman–Crippen LogP) is 5.14. The highest BCUT2D eigenvalue weighted by molar-refractivity contribution is 7.89. The van der Waals surface area contributed by atoms with Gasteiger partial charge in [0.15, 0.2) is 0 Å². The first-order chi connectivity index (χ1) is 15.6. The van der Waals surface area contributed by atoms with Crippen LogP contribution in [-0.4, -0.2) is 43.5 Å². The Kier molecular flexibility index (Phi) is 6.73. The van der Waals surface area contributed by atoms with Gasteiger partial charge in [0.05, 0.1) is 12.1 Å².